The minimum absolute atomic E-state index is 0.114. The maximum Gasteiger partial charge on any atom is 0.253 e. The Labute approximate surface area is 113 Å². The highest BCUT2D eigenvalue weighted by molar-refractivity contribution is 6.34. The molecule has 1 aliphatic carbocycles. The monoisotopic (exact) mass is 266 g/mol. The second kappa shape index (κ2) is 3.89. The topological polar surface area (TPSA) is 55.1 Å². The van der Waals surface area contributed by atoms with Crippen molar-refractivity contribution in [2.24, 2.45) is 10.8 Å². The first-order chi connectivity index (χ1) is 8.18. The van der Waals surface area contributed by atoms with E-state index in [9.17, 15) is 4.79 Å². The second-order valence-electron chi connectivity index (χ2n) is 6.09. The fourth-order valence-corrected chi connectivity index (χ4v) is 2.76. The molecule has 1 aromatic rings. The molecule has 3 nitrogen and oxygen atoms in total. The summed E-state index contributed by atoms with van der Waals surface area (Å²) in [6.45, 7) is 8.62. The van der Waals surface area contributed by atoms with E-state index in [1.807, 2.05) is 0 Å². The normalized spacial score (nSPS) is 20.5. The standard InChI is InChI=1S/C14H19ClN2O/c1-13(2)12(14(13,3)4)17-11(18)9-6-5-8(16)7-10(9)15/h5-7,12H,16H2,1-4H3,(H,17,18). The third-order valence-electron chi connectivity index (χ3n) is 4.53. The minimum atomic E-state index is -0.136. The number of carbonyl (C=O) groups excluding carboxylic acids is 1. The first-order valence-corrected chi connectivity index (χ1v) is 6.41. The molecule has 1 amide bonds. The van der Waals surface area contributed by atoms with Crippen LogP contribution in [0, 0.1) is 10.8 Å². The number of amides is 1. The number of halogens is 1. The van der Waals surface area contributed by atoms with Crippen LogP contribution < -0.4 is 11.1 Å². The van der Waals surface area contributed by atoms with Crippen molar-refractivity contribution < 1.29 is 4.79 Å². The van der Waals surface area contributed by atoms with Gasteiger partial charge in [0.2, 0.25) is 0 Å². The van der Waals surface area contributed by atoms with E-state index in [1.54, 1.807) is 18.2 Å². The Hall–Kier alpha value is -1.22. The van der Waals surface area contributed by atoms with Crippen molar-refractivity contribution in [1.29, 1.82) is 0 Å². The van der Waals surface area contributed by atoms with Crippen molar-refractivity contribution >= 4 is 23.2 Å². The third kappa shape index (κ3) is 1.87. The molecular weight excluding hydrogens is 248 g/mol. The Morgan fingerprint density at radius 3 is 2.28 bits per heavy atom. The van der Waals surface area contributed by atoms with Crippen LogP contribution in [-0.4, -0.2) is 11.9 Å². The van der Waals surface area contributed by atoms with Crippen LogP contribution in [0.3, 0.4) is 0 Å². The van der Waals surface area contributed by atoms with Crippen LogP contribution in [0.2, 0.25) is 5.02 Å². The van der Waals surface area contributed by atoms with Crippen LogP contribution in [-0.2, 0) is 0 Å². The van der Waals surface area contributed by atoms with Crippen molar-refractivity contribution in [3.8, 4) is 0 Å². The van der Waals surface area contributed by atoms with Gasteiger partial charge in [-0.3, -0.25) is 4.79 Å². The molecule has 4 heteroatoms. The maximum absolute atomic E-state index is 12.2. The van der Waals surface area contributed by atoms with Gasteiger partial charge in [-0.15, -0.1) is 0 Å². The highest BCUT2D eigenvalue weighted by Crippen LogP contribution is 2.62. The number of anilines is 1. The first-order valence-electron chi connectivity index (χ1n) is 6.04. The fraction of sp³-hybridized carbons (Fsp3) is 0.500. The van der Waals surface area contributed by atoms with Gasteiger partial charge >= 0.3 is 0 Å². The zero-order chi connectivity index (χ0) is 13.7. The summed E-state index contributed by atoms with van der Waals surface area (Å²) in [6, 6.07) is 5.12. The number of benzene rings is 1. The number of nitrogens with one attached hydrogen (secondary N) is 1. The third-order valence-corrected chi connectivity index (χ3v) is 4.85. The number of nitrogen functional groups attached to an aromatic ring is 1. The first kappa shape index (κ1) is 13.2. The average Bonchev–Trinajstić information content (AvgIpc) is 2.60. The van der Waals surface area contributed by atoms with Crippen molar-refractivity contribution in [2.45, 2.75) is 33.7 Å². The van der Waals surface area contributed by atoms with Gasteiger partial charge in [0.25, 0.3) is 5.91 Å². The molecule has 0 aromatic heterocycles. The highest BCUT2D eigenvalue weighted by Gasteiger charge is 2.65. The lowest BCUT2D eigenvalue weighted by atomic mass is 10.0. The molecule has 0 spiro atoms. The predicted molar refractivity (Wildman–Crippen MR) is 74.7 cm³/mol. The van der Waals surface area contributed by atoms with Gasteiger partial charge in [0, 0.05) is 11.7 Å². The molecule has 0 heterocycles. The van der Waals surface area contributed by atoms with E-state index in [-0.39, 0.29) is 22.8 Å². The zero-order valence-electron chi connectivity index (χ0n) is 11.2. The summed E-state index contributed by atoms with van der Waals surface area (Å²) in [5, 5.41) is 3.44. The summed E-state index contributed by atoms with van der Waals surface area (Å²) in [5.41, 5.74) is 6.87. The summed E-state index contributed by atoms with van der Waals surface area (Å²) in [7, 11) is 0. The zero-order valence-corrected chi connectivity index (χ0v) is 11.9. The lowest BCUT2D eigenvalue weighted by Crippen LogP contribution is -2.30. The molecule has 0 atom stereocenters. The van der Waals surface area contributed by atoms with Gasteiger partial charge in [0.1, 0.15) is 0 Å². The molecule has 1 fully saturated rings. The largest absolute Gasteiger partial charge is 0.399 e. The lowest BCUT2D eigenvalue weighted by molar-refractivity contribution is 0.0944. The Bertz CT molecular complexity index is 495. The van der Waals surface area contributed by atoms with E-state index in [2.05, 4.69) is 33.0 Å². The van der Waals surface area contributed by atoms with Crippen LogP contribution in [0.1, 0.15) is 38.1 Å². The number of hydrogen-bond donors (Lipinski definition) is 2. The molecule has 98 valence electrons. The molecule has 18 heavy (non-hydrogen) atoms. The highest BCUT2D eigenvalue weighted by atomic mass is 35.5. The van der Waals surface area contributed by atoms with E-state index in [0.717, 1.165) is 0 Å². The summed E-state index contributed by atoms with van der Waals surface area (Å²) < 4.78 is 0. The molecule has 2 rings (SSSR count). The summed E-state index contributed by atoms with van der Waals surface area (Å²) in [5.74, 6) is -0.136. The Morgan fingerprint density at radius 2 is 1.83 bits per heavy atom. The molecule has 3 N–H and O–H groups in total. The van der Waals surface area contributed by atoms with Crippen LogP contribution in [0.15, 0.2) is 18.2 Å². The predicted octanol–water partition coefficient (Wildman–Crippen LogP) is 3.09. The second-order valence-corrected chi connectivity index (χ2v) is 6.50. The minimum Gasteiger partial charge on any atom is -0.399 e. The Balaban J connectivity index is 2.15. The molecular formula is C14H19ClN2O. The van der Waals surface area contributed by atoms with Crippen molar-refractivity contribution in [3.05, 3.63) is 28.8 Å². The molecule has 0 unspecified atom stereocenters. The Morgan fingerprint density at radius 1 is 1.28 bits per heavy atom. The maximum atomic E-state index is 12.2. The fourth-order valence-electron chi connectivity index (χ4n) is 2.48. The van der Waals surface area contributed by atoms with Crippen LogP contribution in [0.5, 0.6) is 0 Å². The van der Waals surface area contributed by atoms with Crippen LogP contribution in [0.4, 0.5) is 5.69 Å². The van der Waals surface area contributed by atoms with Crippen LogP contribution >= 0.6 is 11.6 Å². The summed E-state index contributed by atoms with van der Waals surface area (Å²) >= 11 is 6.03. The number of carbonyl (C=O) groups is 1. The quantitative estimate of drug-likeness (QED) is 0.809. The summed E-state index contributed by atoms with van der Waals surface area (Å²) in [4.78, 5) is 12.2. The van der Waals surface area contributed by atoms with E-state index in [1.165, 1.54) is 0 Å². The van der Waals surface area contributed by atoms with Gasteiger partial charge in [-0.05, 0) is 29.0 Å². The lowest BCUT2D eigenvalue weighted by Gasteiger charge is -2.08. The molecule has 0 radical (unpaired) electrons. The molecule has 1 aromatic carbocycles. The number of hydrogen-bond acceptors (Lipinski definition) is 2. The van der Waals surface area contributed by atoms with E-state index in [4.69, 9.17) is 17.3 Å². The van der Waals surface area contributed by atoms with Gasteiger partial charge in [-0.1, -0.05) is 39.3 Å². The molecule has 0 saturated heterocycles. The SMILES string of the molecule is CC1(C)C(NC(=O)c2ccc(N)cc2Cl)C1(C)C. The van der Waals surface area contributed by atoms with Gasteiger partial charge in [0.15, 0.2) is 0 Å². The number of rotatable bonds is 2. The van der Waals surface area contributed by atoms with E-state index < -0.39 is 0 Å². The van der Waals surface area contributed by atoms with Crippen molar-refractivity contribution in [2.75, 3.05) is 5.73 Å². The Kier molecular flexibility index (Phi) is 2.85. The van der Waals surface area contributed by atoms with Crippen LogP contribution in [0.25, 0.3) is 0 Å². The van der Waals surface area contributed by atoms with E-state index >= 15 is 0 Å². The molecule has 0 bridgehead atoms. The molecule has 1 saturated carbocycles. The van der Waals surface area contributed by atoms with Gasteiger partial charge < -0.3 is 11.1 Å². The van der Waals surface area contributed by atoms with Gasteiger partial charge in [-0.25, -0.2) is 0 Å². The molecule has 1 aliphatic rings. The van der Waals surface area contributed by atoms with Gasteiger partial charge in [0.05, 0.1) is 10.6 Å². The molecule has 0 aliphatic heterocycles. The van der Waals surface area contributed by atoms with E-state index in [0.29, 0.717) is 16.3 Å². The average molecular weight is 267 g/mol. The smallest absolute Gasteiger partial charge is 0.253 e. The van der Waals surface area contributed by atoms with Gasteiger partial charge in [-0.2, -0.15) is 0 Å². The van der Waals surface area contributed by atoms with Crippen molar-refractivity contribution in [3.63, 3.8) is 0 Å². The summed E-state index contributed by atoms with van der Waals surface area (Å²) in [6.07, 6.45) is 0. The number of nitrogens with two attached hydrogens (primary N) is 1. The van der Waals surface area contributed by atoms with Crippen molar-refractivity contribution in [1.82, 2.24) is 5.32 Å².